The molecule has 1 aliphatic heterocycles. The molecule has 1 saturated heterocycles. The number of nitrogens with two attached hydrogens (primary N) is 1. The van der Waals surface area contributed by atoms with Crippen molar-refractivity contribution in [1.29, 1.82) is 0 Å². The van der Waals surface area contributed by atoms with E-state index in [-0.39, 0.29) is 6.04 Å². The van der Waals surface area contributed by atoms with Gasteiger partial charge in [0.25, 0.3) is 5.89 Å². The minimum atomic E-state index is 0.160. The Morgan fingerprint density at radius 2 is 2.10 bits per heavy atom. The number of piperazine rings is 1. The molecule has 6 nitrogen and oxygen atoms in total. The van der Waals surface area contributed by atoms with Crippen molar-refractivity contribution in [1.82, 2.24) is 19.9 Å². The highest BCUT2D eigenvalue weighted by molar-refractivity contribution is 5.73. The predicted molar refractivity (Wildman–Crippen MR) is 81.8 cm³/mol. The molecule has 0 spiro atoms. The Morgan fingerprint density at radius 1 is 1.29 bits per heavy atom. The van der Waals surface area contributed by atoms with Gasteiger partial charge < -0.3 is 15.2 Å². The van der Waals surface area contributed by atoms with Gasteiger partial charge in [0.2, 0.25) is 0 Å². The molecule has 6 heteroatoms. The molecule has 1 unspecified atom stereocenters. The second-order valence-electron chi connectivity index (χ2n) is 5.75. The van der Waals surface area contributed by atoms with Crippen molar-refractivity contribution >= 4 is 5.69 Å². The highest BCUT2D eigenvalue weighted by atomic mass is 16.5. The van der Waals surface area contributed by atoms with Crippen LogP contribution in [0.4, 0.5) is 5.69 Å². The van der Waals surface area contributed by atoms with Crippen molar-refractivity contribution in [3.63, 3.8) is 0 Å². The summed E-state index contributed by atoms with van der Waals surface area (Å²) in [6.07, 6.45) is 0. The summed E-state index contributed by atoms with van der Waals surface area (Å²) in [5.74, 6) is 1.22. The van der Waals surface area contributed by atoms with E-state index in [4.69, 9.17) is 10.3 Å². The van der Waals surface area contributed by atoms with E-state index in [0.717, 1.165) is 36.6 Å². The summed E-state index contributed by atoms with van der Waals surface area (Å²) in [5.41, 5.74) is 8.62. The summed E-state index contributed by atoms with van der Waals surface area (Å²) in [6, 6.07) is 5.99. The van der Waals surface area contributed by atoms with E-state index in [9.17, 15) is 0 Å². The summed E-state index contributed by atoms with van der Waals surface area (Å²) in [7, 11) is 4.20. The third kappa shape index (κ3) is 2.64. The smallest absolute Gasteiger partial charge is 0.260 e. The maximum atomic E-state index is 6.11. The van der Waals surface area contributed by atoms with Crippen molar-refractivity contribution in [2.24, 2.45) is 0 Å². The molecule has 1 aromatic carbocycles. The quantitative estimate of drug-likeness (QED) is 0.845. The van der Waals surface area contributed by atoms with Crippen LogP contribution in [0, 0.1) is 6.92 Å². The molecule has 0 amide bonds. The lowest BCUT2D eigenvalue weighted by Gasteiger charge is -2.35. The fraction of sp³-hybridized carbons (Fsp3) is 0.467. The highest BCUT2D eigenvalue weighted by Crippen LogP contribution is 2.29. The minimum absolute atomic E-state index is 0.160. The lowest BCUT2D eigenvalue weighted by atomic mass is 10.1. The van der Waals surface area contributed by atoms with Crippen LogP contribution in [0.3, 0.4) is 0 Å². The standard InChI is InChI=1S/C15H21N5O/c1-10-5-4-6-11(13(10)16)15-17-14(18-21-15)12-9-19(2)7-8-20(12)3/h4-6,12H,7-9,16H2,1-3H3. The molecule has 1 aliphatic rings. The number of likely N-dealkylation sites (N-methyl/N-ethyl adjacent to an activating group) is 2. The number of aromatic nitrogens is 2. The van der Waals surface area contributed by atoms with Gasteiger partial charge in [0, 0.05) is 25.3 Å². The number of anilines is 1. The summed E-state index contributed by atoms with van der Waals surface area (Å²) < 4.78 is 5.44. The Kier molecular flexibility index (Phi) is 3.65. The van der Waals surface area contributed by atoms with Gasteiger partial charge in [0.05, 0.1) is 11.6 Å². The third-order valence-electron chi connectivity index (χ3n) is 4.15. The van der Waals surface area contributed by atoms with Crippen molar-refractivity contribution in [3.05, 3.63) is 29.6 Å². The molecule has 0 saturated carbocycles. The second-order valence-corrected chi connectivity index (χ2v) is 5.75. The lowest BCUT2D eigenvalue weighted by molar-refractivity contribution is 0.108. The third-order valence-corrected chi connectivity index (χ3v) is 4.15. The number of nitrogens with zero attached hydrogens (tertiary/aromatic N) is 4. The Hall–Kier alpha value is -1.92. The molecule has 3 rings (SSSR count). The van der Waals surface area contributed by atoms with Crippen molar-refractivity contribution in [2.75, 3.05) is 39.5 Å². The van der Waals surface area contributed by atoms with Gasteiger partial charge in [-0.1, -0.05) is 17.3 Å². The zero-order valence-corrected chi connectivity index (χ0v) is 12.7. The molecule has 2 heterocycles. The SMILES string of the molecule is Cc1cccc(-c2nc(C3CN(C)CCN3C)no2)c1N. The summed E-state index contributed by atoms with van der Waals surface area (Å²) in [4.78, 5) is 9.10. The Morgan fingerprint density at radius 3 is 2.90 bits per heavy atom. The Bertz CT molecular complexity index is 639. The van der Waals surface area contributed by atoms with Crippen LogP contribution in [0.1, 0.15) is 17.4 Å². The maximum Gasteiger partial charge on any atom is 0.260 e. The van der Waals surface area contributed by atoms with Gasteiger partial charge in [-0.05, 0) is 32.6 Å². The first-order valence-electron chi connectivity index (χ1n) is 7.14. The van der Waals surface area contributed by atoms with E-state index in [2.05, 4.69) is 34.0 Å². The van der Waals surface area contributed by atoms with Crippen LogP contribution < -0.4 is 5.73 Å². The van der Waals surface area contributed by atoms with E-state index < -0.39 is 0 Å². The largest absolute Gasteiger partial charge is 0.398 e. The van der Waals surface area contributed by atoms with Crippen LogP contribution in [-0.2, 0) is 0 Å². The number of aryl methyl sites for hydroxylation is 1. The number of hydrogen-bond donors (Lipinski definition) is 1. The van der Waals surface area contributed by atoms with Gasteiger partial charge in [-0.15, -0.1) is 0 Å². The van der Waals surface area contributed by atoms with Crippen molar-refractivity contribution < 1.29 is 4.52 Å². The number of rotatable bonds is 2. The molecule has 1 fully saturated rings. The van der Waals surface area contributed by atoms with Gasteiger partial charge in [-0.25, -0.2) is 0 Å². The van der Waals surface area contributed by atoms with Crippen LogP contribution in [0.2, 0.25) is 0 Å². The second kappa shape index (κ2) is 5.46. The van der Waals surface area contributed by atoms with Gasteiger partial charge in [0.15, 0.2) is 5.82 Å². The zero-order valence-electron chi connectivity index (χ0n) is 12.7. The van der Waals surface area contributed by atoms with E-state index in [1.54, 1.807) is 0 Å². The average Bonchev–Trinajstić information content (AvgIpc) is 2.94. The fourth-order valence-corrected chi connectivity index (χ4v) is 2.64. The van der Waals surface area contributed by atoms with Crippen LogP contribution in [-0.4, -0.2) is 53.7 Å². The summed E-state index contributed by atoms with van der Waals surface area (Å²) in [6.45, 7) is 4.93. The Labute approximate surface area is 124 Å². The highest BCUT2D eigenvalue weighted by Gasteiger charge is 2.28. The Balaban J connectivity index is 1.91. The first kappa shape index (κ1) is 14.0. The molecule has 1 atom stereocenters. The lowest BCUT2D eigenvalue weighted by Crippen LogP contribution is -2.45. The molecule has 2 aromatic rings. The first-order valence-corrected chi connectivity index (χ1v) is 7.14. The molecule has 112 valence electrons. The molecule has 0 radical (unpaired) electrons. The number of benzene rings is 1. The molecular weight excluding hydrogens is 266 g/mol. The monoisotopic (exact) mass is 287 g/mol. The van der Waals surface area contributed by atoms with Crippen LogP contribution >= 0.6 is 0 Å². The topological polar surface area (TPSA) is 71.4 Å². The molecule has 2 N–H and O–H groups in total. The molecule has 1 aromatic heterocycles. The van der Waals surface area contributed by atoms with E-state index in [1.165, 1.54) is 0 Å². The number of hydrogen-bond acceptors (Lipinski definition) is 6. The minimum Gasteiger partial charge on any atom is -0.398 e. The van der Waals surface area contributed by atoms with Gasteiger partial charge >= 0.3 is 0 Å². The van der Waals surface area contributed by atoms with Crippen LogP contribution in [0.25, 0.3) is 11.5 Å². The van der Waals surface area contributed by atoms with Gasteiger partial charge in [0.1, 0.15) is 0 Å². The summed E-state index contributed by atoms with van der Waals surface area (Å²) in [5, 5.41) is 4.16. The normalized spacial score (nSPS) is 20.8. The maximum absolute atomic E-state index is 6.11. The summed E-state index contributed by atoms with van der Waals surface area (Å²) >= 11 is 0. The van der Waals surface area contributed by atoms with Crippen LogP contribution in [0.5, 0.6) is 0 Å². The average molecular weight is 287 g/mol. The van der Waals surface area contributed by atoms with Crippen LogP contribution in [0.15, 0.2) is 22.7 Å². The van der Waals surface area contributed by atoms with Gasteiger partial charge in [-0.2, -0.15) is 4.98 Å². The predicted octanol–water partition coefficient (Wildman–Crippen LogP) is 1.55. The molecule has 21 heavy (non-hydrogen) atoms. The van der Waals surface area contributed by atoms with Crippen molar-refractivity contribution in [2.45, 2.75) is 13.0 Å². The fourth-order valence-electron chi connectivity index (χ4n) is 2.64. The first-order chi connectivity index (χ1) is 10.1. The van der Waals surface area contributed by atoms with E-state index in [0.29, 0.717) is 11.6 Å². The molecule has 0 bridgehead atoms. The van der Waals surface area contributed by atoms with Gasteiger partial charge in [-0.3, -0.25) is 4.90 Å². The molecular formula is C15H21N5O. The zero-order chi connectivity index (χ0) is 15.0. The number of para-hydroxylation sites is 1. The molecule has 0 aliphatic carbocycles. The number of nitrogen functional groups attached to an aromatic ring is 1. The van der Waals surface area contributed by atoms with E-state index in [1.807, 2.05) is 25.1 Å². The van der Waals surface area contributed by atoms with E-state index >= 15 is 0 Å². The van der Waals surface area contributed by atoms with Crippen molar-refractivity contribution in [3.8, 4) is 11.5 Å².